The molecular weight excluding hydrogens is 396 g/mol. The minimum atomic E-state index is 0.249. The fraction of sp³-hybridized carbons (Fsp3) is 0.522. The molecule has 2 unspecified atom stereocenters. The fourth-order valence-corrected chi connectivity index (χ4v) is 4.38. The van der Waals surface area contributed by atoms with E-state index >= 15 is 0 Å². The summed E-state index contributed by atoms with van der Waals surface area (Å²) in [5.41, 5.74) is 1.27. The maximum Gasteiger partial charge on any atom is 0.191 e. The molecule has 2 atom stereocenters. The number of thiophene rings is 1. The number of morpholine rings is 1. The number of benzene rings is 1. The maximum absolute atomic E-state index is 5.57. The Morgan fingerprint density at radius 3 is 2.60 bits per heavy atom. The van der Waals surface area contributed by atoms with Gasteiger partial charge in [0.2, 0.25) is 0 Å². The Labute approximate surface area is 184 Å². The van der Waals surface area contributed by atoms with E-state index in [0.717, 1.165) is 57.6 Å². The molecule has 7 heteroatoms. The zero-order valence-electron chi connectivity index (χ0n) is 18.3. The Morgan fingerprint density at radius 1 is 1.20 bits per heavy atom. The van der Waals surface area contributed by atoms with Gasteiger partial charge in [-0.2, -0.15) is 0 Å². The Balaban J connectivity index is 1.68. The second kappa shape index (κ2) is 11.9. The normalized spacial score (nSPS) is 17.4. The first kappa shape index (κ1) is 22.6. The van der Waals surface area contributed by atoms with Crippen LogP contribution >= 0.6 is 11.3 Å². The van der Waals surface area contributed by atoms with Crippen molar-refractivity contribution in [2.45, 2.75) is 25.8 Å². The molecule has 0 saturated carbocycles. The van der Waals surface area contributed by atoms with Gasteiger partial charge in [-0.25, -0.2) is 0 Å². The Kier molecular flexibility index (Phi) is 8.99. The first-order valence-electron chi connectivity index (χ1n) is 10.7. The minimum Gasteiger partial charge on any atom is -0.497 e. The summed E-state index contributed by atoms with van der Waals surface area (Å²) in [5.74, 6) is 2.16. The lowest BCUT2D eigenvalue weighted by Crippen LogP contribution is -2.46. The summed E-state index contributed by atoms with van der Waals surface area (Å²) >= 11 is 1.79. The largest absolute Gasteiger partial charge is 0.497 e. The number of nitrogens with zero attached hydrogens (tertiary/aromatic N) is 2. The monoisotopic (exact) mass is 430 g/mol. The number of hydrogen-bond donors (Lipinski definition) is 2. The van der Waals surface area contributed by atoms with Gasteiger partial charge in [0.15, 0.2) is 5.96 Å². The van der Waals surface area contributed by atoms with Crippen molar-refractivity contribution in [2.75, 3.05) is 53.0 Å². The standard InChI is InChI=1S/C23H34N4O2S/c1-4-24-23(25-16-18(2)22-6-5-15-30-22)26-17-21(27-11-13-29-14-12-27)19-7-9-20(28-3)10-8-19/h5-10,15,18,21H,4,11-14,16-17H2,1-3H3,(H2,24,25,26). The fourth-order valence-electron chi connectivity index (χ4n) is 3.60. The van der Waals surface area contributed by atoms with E-state index in [1.54, 1.807) is 18.4 Å². The molecule has 1 aliphatic heterocycles. The van der Waals surface area contributed by atoms with E-state index in [4.69, 9.17) is 14.5 Å². The van der Waals surface area contributed by atoms with Gasteiger partial charge in [0.05, 0.1) is 32.9 Å². The van der Waals surface area contributed by atoms with Gasteiger partial charge in [0, 0.05) is 37.0 Å². The summed E-state index contributed by atoms with van der Waals surface area (Å²) < 4.78 is 10.9. The van der Waals surface area contributed by atoms with Crippen molar-refractivity contribution in [2.24, 2.45) is 4.99 Å². The van der Waals surface area contributed by atoms with Crippen LogP contribution in [0.2, 0.25) is 0 Å². The van der Waals surface area contributed by atoms with Crippen molar-refractivity contribution in [3.63, 3.8) is 0 Å². The molecule has 0 aliphatic carbocycles. The van der Waals surface area contributed by atoms with Crippen molar-refractivity contribution in [1.29, 1.82) is 0 Å². The van der Waals surface area contributed by atoms with E-state index in [9.17, 15) is 0 Å². The second-order valence-corrected chi connectivity index (χ2v) is 8.43. The highest BCUT2D eigenvalue weighted by atomic mass is 32.1. The van der Waals surface area contributed by atoms with Crippen LogP contribution in [0.5, 0.6) is 5.75 Å². The first-order valence-corrected chi connectivity index (χ1v) is 11.6. The first-order chi connectivity index (χ1) is 14.7. The van der Waals surface area contributed by atoms with Gasteiger partial charge in [-0.1, -0.05) is 25.1 Å². The van der Waals surface area contributed by atoms with Crippen LogP contribution < -0.4 is 15.4 Å². The molecule has 6 nitrogen and oxygen atoms in total. The Hall–Kier alpha value is -2.09. The number of guanidine groups is 1. The summed E-state index contributed by atoms with van der Waals surface area (Å²) in [4.78, 5) is 8.70. The van der Waals surface area contributed by atoms with Crippen LogP contribution in [0.15, 0.2) is 46.8 Å². The highest BCUT2D eigenvalue weighted by Gasteiger charge is 2.23. The van der Waals surface area contributed by atoms with Crippen LogP contribution in [0, 0.1) is 0 Å². The van der Waals surface area contributed by atoms with Crippen LogP contribution in [-0.4, -0.2) is 63.9 Å². The number of ether oxygens (including phenoxy) is 2. The van der Waals surface area contributed by atoms with E-state index < -0.39 is 0 Å². The molecular formula is C23H34N4O2S. The molecule has 1 fully saturated rings. The average Bonchev–Trinajstić information content (AvgIpc) is 3.33. The van der Waals surface area contributed by atoms with Crippen molar-refractivity contribution in [3.05, 3.63) is 52.2 Å². The smallest absolute Gasteiger partial charge is 0.191 e. The van der Waals surface area contributed by atoms with Gasteiger partial charge in [-0.05, 0) is 36.1 Å². The van der Waals surface area contributed by atoms with Crippen molar-refractivity contribution in [1.82, 2.24) is 15.5 Å². The molecule has 3 rings (SSSR count). The van der Waals surface area contributed by atoms with Crippen LogP contribution in [0.3, 0.4) is 0 Å². The van der Waals surface area contributed by atoms with Gasteiger partial charge in [-0.3, -0.25) is 9.89 Å². The van der Waals surface area contributed by atoms with E-state index in [2.05, 4.69) is 59.0 Å². The molecule has 2 N–H and O–H groups in total. The maximum atomic E-state index is 5.57. The zero-order valence-corrected chi connectivity index (χ0v) is 19.1. The van der Waals surface area contributed by atoms with E-state index in [-0.39, 0.29) is 6.04 Å². The van der Waals surface area contributed by atoms with Gasteiger partial charge in [-0.15, -0.1) is 11.3 Å². The Bertz CT molecular complexity index is 758. The predicted molar refractivity (Wildman–Crippen MR) is 125 cm³/mol. The molecule has 164 valence electrons. The van der Waals surface area contributed by atoms with E-state index in [1.807, 2.05) is 12.1 Å². The lowest BCUT2D eigenvalue weighted by Gasteiger charge is -2.35. The molecule has 1 aromatic heterocycles. The van der Waals surface area contributed by atoms with Crippen molar-refractivity contribution >= 4 is 17.3 Å². The van der Waals surface area contributed by atoms with E-state index in [1.165, 1.54) is 10.4 Å². The average molecular weight is 431 g/mol. The number of hydrogen-bond acceptors (Lipinski definition) is 5. The van der Waals surface area contributed by atoms with Gasteiger partial charge in [0.25, 0.3) is 0 Å². The third-order valence-corrected chi connectivity index (χ3v) is 6.45. The summed E-state index contributed by atoms with van der Waals surface area (Å²) in [6, 6.07) is 12.9. The molecule has 1 saturated heterocycles. The summed E-state index contributed by atoms with van der Waals surface area (Å²) in [5, 5.41) is 9.09. The summed E-state index contributed by atoms with van der Waals surface area (Å²) in [6.45, 7) is 10.1. The topological polar surface area (TPSA) is 58.1 Å². The van der Waals surface area contributed by atoms with Gasteiger partial charge in [0.1, 0.15) is 5.75 Å². The van der Waals surface area contributed by atoms with Crippen LogP contribution in [0.1, 0.15) is 36.2 Å². The predicted octanol–water partition coefficient (Wildman–Crippen LogP) is 3.49. The molecule has 1 aliphatic rings. The number of nitrogens with one attached hydrogen (secondary N) is 2. The zero-order chi connectivity index (χ0) is 21.2. The second-order valence-electron chi connectivity index (χ2n) is 7.45. The van der Waals surface area contributed by atoms with Crippen molar-refractivity contribution in [3.8, 4) is 5.75 Å². The quantitative estimate of drug-likeness (QED) is 0.471. The number of methoxy groups -OCH3 is 1. The van der Waals surface area contributed by atoms with Crippen LogP contribution in [0.25, 0.3) is 0 Å². The van der Waals surface area contributed by atoms with Gasteiger partial charge < -0.3 is 20.1 Å². The van der Waals surface area contributed by atoms with Crippen molar-refractivity contribution < 1.29 is 9.47 Å². The molecule has 2 aromatic rings. The molecule has 0 spiro atoms. The third kappa shape index (κ3) is 6.45. The molecule has 1 aromatic carbocycles. The van der Waals surface area contributed by atoms with Crippen LogP contribution in [-0.2, 0) is 4.74 Å². The lowest BCUT2D eigenvalue weighted by molar-refractivity contribution is 0.0170. The Morgan fingerprint density at radius 2 is 1.97 bits per heavy atom. The van der Waals surface area contributed by atoms with Gasteiger partial charge >= 0.3 is 0 Å². The SMILES string of the molecule is CCNC(=NCC(C)c1cccs1)NCC(c1ccc(OC)cc1)N1CCOCC1. The number of aliphatic imine (C=N–C) groups is 1. The summed E-state index contributed by atoms with van der Waals surface area (Å²) in [7, 11) is 1.70. The lowest BCUT2D eigenvalue weighted by atomic mass is 10.0. The number of rotatable bonds is 9. The highest BCUT2D eigenvalue weighted by molar-refractivity contribution is 7.10. The molecule has 0 radical (unpaired) electrons. The minimum absolute atomic E-state index is 0.249. The molecule has 0 bridgehead atoms. The highest BCUT2D eigenvalue weighted by Crippen LogP contribution is 2.24. The van der Waals surface area contributed by atoms with Crippen LogP contribution in [0.4, 0.5) is 0 Å². The molecule has 30 heavy (non-hydrogen) atoms. The molecule has 0 amide bonds. The third-order valence-electron chi connectivity index (χ3n) is 5.35. The molecule has 2 heterocycles. The van der Waals surface area contributed by atoms with E-state index in [0.29, 0.717) is 5.92 Å². The summed E-state index contributed by atoms with van der Waals surface area (Å²) in [6.07, 6.45) is 0.